The van der Waals surface area contributed by atoms with Crippen LogP contribution in [-0.2, 0) is 9.59 Å². The average Bonchev–Trinajstić information content (AvgIpc) is 3.09. The molecule has 3 rings (SSSR count). The van der Waals surface area contributed by atoms with Crippen molar-refractivity contribution in [2.75, 3.05) is 11.9 Å². The highest BCUT2D eigenvalue weighted by molar-refractivity contribution is 7.15. The molecule has 22 heavy (non-hydrogen) atoms. The summed E-state index contributed by atoms with van der Waals surface area (Å²) < 4.78 is 0. The van der Waals surface area contributed by atoms with Crippen LogP contribution in [0, 0.1) is 13.8 Å². The van der Waals surface area contributed by atoms with Gasteiger partial charge in [-0.2, -0.15) is 0 Å². The van der Waals surface area contributed by atoms with Gasteiger partial charge in [0.2, 0.25) is 5.91 Å². The summed E-state index contributed by atoms with van der Waals surface area (Å²) >= 11 is 1.37. The first-order valence-corrected chi connectivity index (χ1v) is 8.11. The molecule has 1 aromatic heterocycles. The van der Waals surface area contributed by atoms with E-state index in [9.17, 15) is 14.4 Å². The molecule has 0 aromatic carbocycles. The fraction of sp³-hybridized carbons (Fsp3) is 0.571. The van der Waals surface area contributed by atoms with E-state index in [1.165, 1.54) is 11.3 Å². The minimum absolute atomic E-state index is 0.274. The molecule has 1 saturated carbocycles. The second-order valence-electron chi connectivity index (χ2n) is 5.82. The molecule has 1 spiro atoms. The van der Waals surface area contributed by atoms with Crippen molar-refractivity contribution < 1.29 is 14.4 Å². The zero-order chi connectivity index (χ0) is 15.9. The SMILES string of the molecule is Cc1nc(NC(=O)CN2C(=O)NC3(CCCC3)C2=O)sc1C. The zero-order valence-electron chi connectivity index (χ0n) is 12.6. The number of carbonyl (C=O) groups excluding carboxylic acids is 3. The number of nitrogens with zero attached hydrogens (tertiary/aromatic N) is 2. The van der Waals surface area contributed by atoms with Crippen LogP contribution in [0.3, 0.4) is 0 Å². The normalized spacial score (nSPS) is 19.8. The molecule has 0 unspecified atom stereocenters. The minimum atomic E-state index is -0.772. The zero-order valence-corrected chi connectivity index (χ0v) is 13.4. The van der Waals surface area contributed by atoms with Crippen molar-refractivity contribution in [2.24, 2.45) is 0 Å². The van der Waals surface area contributed by atoms with Gasteiger partial charge in [0.1, 0.15) is 12.1 Å². The van der Waals surface area contributed by atoms with E-state index in [4.69, 9.17) is 0 Å². The number of hydrogen-bond acceptors (Lipinski definition) is 5. The van der Waals surface area contributed by atoms with Gasteiger partial charge in [-0.1, -0.05) is 12.8 Å². The maximum Gasteiger partial charge on any atom is 0.325 e. The molecule has 2 aliphatic rings. The highest BCUT2D eigenvalue weighted by Gasteiger charge is 2.52. The van der Waals surface area contributed by atoms with Gasteiger partial charge in [-0.25, -0.2) is 9.78 Å². The molecule has 1 aromatic rings. The molecule has 1 aliphatic carbocycles. The Hall–Kier alpha value is -1.96. The van der Waals surface area contributed by atoms with Gasteiger partial charge in [0.25, 0.3) is 5.91 Å². The topological polar surface area (TPSA) is 91.4 Å². The number of urea groups is 1. The van der Waals surface area contributed by atoms with Crippen molar-refractivity contribution in [1.82, 2.24) is 15.2 Å². The summed E-state index contributed by atoms with van der Waals surface area (Å²) in [6.45, 7) is 3.51. The molecule has 0 radical (unpaired) electrons. The Morgan fingerprint density at radius 1 is 1.36 bits per heavy atom. The van der Waals surface area contributed by atoms with E-state index in [-0.39, 0.29) is 12.5 Å². The molecule has 2 fully saturated rings. The summed E-state index contributed by atoms with van der Waals surface area (Å²) in [4.78, 5) is 42.7. The lowest BCUT2D eigenvalue weighted by molar-refractivity contribution is -0.133. The number of hydrogen-bond donors (Lipinski definition) is 2. The highest BCUT2D eigenvalue weighted by Crippen LogP contribution is 2.34. The third kappa shape index (κ3) is 2.47. The van der Waals surface area contributed by atoms with Crippen molar-refractivity contribution in [2.45, 2.75) is 45.1 Å². The number of carbonyl (C=O) groups is 3. The third-order valence-corrected chi connectivity index (χ3v) is 5.27. The van der Waals surface area contributed by atoms with Crippen molar-refractivity contribution in [3.8, 4) is 0 Å². The molecule has 2 N–H and O–H groups in total. The van der Waals surface area contributed by atoms with Crippen molar-refractivity contribution in [1.29, 1.82) is 0 Å². The first-order chi connectivity index (χ1) is 10.4. The monoisotopic (exact) mass is 322 g/mol. The number of nitrogens with one attached hydrogen (secondary N) is 2. The van der Waals surface area contributed by atoms with Gasteiger partial charge in [0.15, 0.2) is 5.13 Å². The van der Waals surface area contributed by atoms with E-state index >= 15 is 0 Å². The Labute approximate surface area is 132 Å². The van der Waals surface area contributed by atoms with Crippen molar-refractivity contribution in [3.63, 3.8) is 0 Å². The quantitative estimate of drug-likeness (QED) is 0.826. The fourth-order valence-electron chi connectivity index (χ4n) is 2.97. The Kier molecular flexibility index (Phi) is 3.64. The van der Waals surface area contributed by atoms with Crippen LogP contribution in [0.1, 0.15) is 36.3 Å². The Morgan fingerprint density at radius 3 is 2.64 bits per heavy atom. The van der Waals surface area contributed by atoms with E-state index in [2.05, 4.69) is 15.6 Å². The Morgan fingerprint density at radius 2 is 2.05 bits per heavy atom. The van der Waals surface area contributed by atoms with Gasteiger partial charge in [0.05, 0.1) is 5.69 Å². The maximum atomic E-state index is 12.4. The largest absolute Gasteiger partial charge is 0.325 e. The molecular formula is C14H18N4O3S. The predicted molar refractivity (Wildman–Crippen MR) is 81.7 cm³/mol. The van der Waals surface area contributed by atoms with Gasteiger partial charge >= 0.3 is 6.03 Å². The number of aromatic nitrogens is 1. The summed E-state index contributed by atoms with van der Waals surface area (Å²) in [7, 11) is 0. The molecule has 7 nitrogen and oxygen atoms in total. The van der Waals surface area contributed by atoms with Gasteiger partial charge in [0, 0.05) is 4.88 Å². The summed E-state index contributed by atoms with van der Waals surface area (Å²) in [5.41, 5.74) is 0.0892. The molecule has 2 heterocycles. The third-order valence-electron chi connectivity index (χ3n) is 4.28. The average molecular weight is 322 g/mol. The van der Waals surface area contributed by atoms with Gasteiger partial charge in [-0.05, 0) is 26.7 Å². The van der Waals surface area contributed by atoms with Crippen LogP contribution in [0.5, 0.6) is 0 Å². The summed E-state index contributed by atoms with van der Waals surface area (Å²) in [5, 5.41) is 5.89. The van der Waals surface area contributed by atoms with Crippen LogP contribution in [0.2, 0.25) is 0 Å². The summed E-state index contributed by atoms with van der Waals surface area (Å²) in [6, 6.07) is -0.478. The summed E-state index contributed by atoms with van der Waals surface area (Å²) in [5.74, 6) is -0.691. The standard InChI is InChI=1S/C14H18N4O3S/c1-8-9(2)22-12(15-8)16-10(19)7-18-11(20)14(17-13(18)21)5-3-4-6-14/h3-7H2,1-2H3,(H,17,21)(H,15,16,19). The lowest BCUT2D eigenvalue weighted by Crippen LogP contribution is -2.44. The number of rotatable bonds is 3. The minimum Gasteiger partial charge on any atom is -0.323 e. The molecule has 4 amide bonds. The molecule has 1 saturated heterocycles. The lowest BCUT2D eigenvalue weighted by atomic mass is 9.98. The van der Waals surface area contributed by atoms with Crippen molar-refractivity contribution in [3.05, 3.63) is 10.6 Å². The van der Waals surface area contributed by atoms with Crippen LogP contribution in [0.15, 0.2) is 0 Å². The van der Waals surface area contributed by atoms with E-state index in [0.717, 1.165) is 28.3 Å². The second kappa shape index (κ2) is 5.35. The number of amides is 4. The summed E-state index contributed by atoms with van der Waals surface area (Å²) in [6.07, 6.45) is 3.15. The van der Waals surface area contributed by atoms with Crippen molar-refractivity contribution >= 4 is 34.3 Å². The van der Waals surface area contributed by atoms with E-state index in [1.807, 2.05) is 13.8 Å². The van der Waals surface area contributed by atoms with Gasteiger partial charge < -0.3 is 10.6 Å². The number of imide groups is 1. The van der Waals surface area contributed by atoms with E-state index in [1.54, 1.807) is 0 Å². The number of aryl methyl sites for hydroxylation is 2. The maximum absolute atomic E-state index is 12.4. The second-order valence-corrected chi connectivity index (χ2v) is 7.02. The van der Waals surface area contributed by atoms with Gasteiger partial charge in [-0.3, -0.25) is 14.5 Å². The van der Waals surface area contributed by atoms with Crippen LogP contribution >= 0.6 is 11.3 Å². The lowest BCUT2D eigenvalue weighted by Gasteiger charge is -2.19. The van der Waals surface area contributed by atoms with Crippen LogP contribution in [0.4, 0.5) is 9.93 Å². The Bertz CT molecular complexity index is 629. The predicted octanol–water partition coefficient (Wildman–Crippen LogP) is 1.56. The first-order valence-electron chi connectivity index (χ1n) is 7.29. The number of anilines is 1. The fourth-order valence-corrected chi connectivity index (χ4v) is 3.80. The smallest absolute Gasteiger partial charge is 0.323 e. The van der Waals surface area contributed by atoms with Crippen LogP contribution in [-0.4, -0.2) is 39.8 Å². The van der Waals surface area contributed by atoms with Gasteiger partial charge in [-0.15, -0.1) is 11.3 Å². The molecule has 118 valence electrons. The molecule has 8 heteroatoms. The van der Waals surface area contributed by atoms with E-state index < -0.39 is 17.5 Å². The molecule has 0 atom stereocenters. The van der Waals surface area contributed by atoms with Crippen LogP contribution < -0.4 is 10.6 Å². The first kappa shape index (κ1) is 15.0. The van der Waals surface area contributed by atoms with E-state index in [0.29, 0.717) is 18.0 Å². The molecule has 0 bridgehead atoms. The highest BCUT2D eigenvalue weighted by atomic mass is 32.1. The molecule has 1 aliphatic heterocycles. The molecular weight excluding hydrogens is 304 g/mol. The number of thiazole rings is 1. The Balaban J connectivity index is 1.66. The van der Waals surface area contributed by atoms with Crippen LogP contribution in [0.25, 0.3) is 0 Å².